The predicted octanol–water partition coefficient (Wildman–Crippen LogP) is 3.27. The number of guanidine groups is 1. The summed E-state index contributed by atoms with van der Waals surface area (Å²) in [5, 5.41) is 9.44. The average molecular weight is 535 g/mol. The molecular formula is C24H34IN5O. The minimum atomic E-state index is 0. The van der Waals surface area contributed by atoms with E-state index in [1.807, 2.05) is 30.3 Å². The van der Waals surface area contributed by atoms with E-state index in [0.717, 1.165) is 12.1 Å². The van der Waals surface area contributed by atoms with Crippen LogP contribution in [0.2, 0.25) is 0 Å². The van der Waals surface area contributed by atoms with Crippen molar-refractivity contribution in [3.05, 3.63) is 71.3 Å². The molecule has 7 heteroatoms. The Morgan fingerprint density at radius 2 is 1.48 bits per heavy atom. The van der Waals surface area contributed by atoms with Gasteiger partial charge in [0, 0.05) is 39.6 Å². The number of carbonyl (C=O) groups is 1. The summed E-state index contributed by atoms with van der Waals surface area (Å²) in [5.41, 5.74) is 3.68. The van der Waals surface area contributed by atoms with Gasteiger partial charge in [0.1, 0.15) is 0 Å². The molecule has 2 aromatic carbocycles. The molecule has 1 fully saturated rings. The molecule has 1 saturated heterocycles. The average Bonchev–Trinajstić information content (AvgIpc) is 3.29. The van der Waals surface area contributed by atoms with Crippen molar-refractivity contribution in [3.63, 3.8) is 0 Å². The van der Waals surface area contributed by atoms with Crippen LogP contribution in [-0.2, 0) is 24.4 Å². The van der Waals surface area contributed by atoms with Crippen molar-refractivity contribution in [2.24, 2.45) is 4.99 Å². The summed E-state index contributed by atoms with van der Waals surface area (Å²) in [5.74, 6) is 0.724. The van der Waals surface area contributed by atoms with Crippen LogP contribution in [0.4, 0.5) is 0 Å². The first-order valence-electron chi connectivity index (χ1n) is 10.8. The van der Waals surface area contributed by atoms with Crippen LogP contribution in [-0.4, -0.2) is 43.4 Å². The van der Waals surface area contributed by atoms with Crippen LogP contribution in [0.25, 0.3) is 0 Å². The highest BCUT2D eigenvalue weighted by molar-refractivity contribution is 14.0. The van der Waals surface area contributed by atoms with E-state index >= 15 is 0 Å². The van der Waals surface area contributed by atoms with Gasteiger partial charge < -0.3 is 16.0 Å². The quantitative estimate of drug-likeness (QED) is 0.262. The predicted molar refractivity (Wildman–Crippen MR) is 137 cm³/mol. The lowest BCUT2D eigenvalue weighted by Crippen LogP contribution is -2.38. The topological polar surface area (TPSA) is 68.8 Å². The highest BCUT2D eigenvalue weighted by atomic mass is 127. The molecule has 0 unspecified atom stereocenters. The molecule has 0 aliphatic carbocycles. The van der Waals surface area contributed by atoms with E-state index in [1.165, 1.54) is 37.1 Å². The fourth-order valence-corrected chi connectivity index (χ4v) is 3.55. The van der Waals surface area contributed by atoms with Crippen LogP contribution >= 0.6 is 24.0 Å². The van der Waals surface area contributed by atoms with E-state index in [-0.39, 0.29) is 29.9 Å². The maximum atomic E-state index is 12.0. The third-order valence-electron chi connectivity index (χ3n) is 5.29. The molecule has 1 amide bonds. The molecule has 1 heterocycles. The normalized spacial score (nSPS) is 14.0. The van der Waals surface area contributed by atoms with Crippen molar-refractivity contribution < 1.29 is 4.79 Å². The number of amides is 1. The summed E-state index contributed by atoms with van der Waals surface area (Å²) < 4.78 is 0. The van der Waals surface area contributed by atoms with Crippen molar-refractivity contribution in [3.8, 4) is 0 Å². The highest BCUT2D eigenvalue weighted by Crippen LogP contribution is 2.13. The Kier molecular flexibility index (Phi) is 11.4. The Hall–Kier alpha value is -2.13. The zero-order chi connectivity index (χ0) is 21.0. The number of hydrogen-bond donors (Lipinski definition) is 3. The minimum Gasteiger partial charge on any atom is -0.356 e. The molecule has 0 aromatic heterocycles. The van der Waals surface area contributed by atoms with Gasteiger partial charge in [-0.15, -0.1) is 24.0 Å². The third-order valence-corrected chi connectivity index (χ3v) is 5.29. The Morgan fingerprint density at radius 1 is 0.871 bits per heavy atom. The van der Waals surface area contributed by atoms with Crippen molar-refractivity contribution in [1.29, 1.82) is 0 Å². The molecule has 31 heavy (non-hydrogen) atoms. The summed E-state index contributed by atoms with van der Waals surface area (Å²) in [6, 6.07) is 18.7. The summed E-state index contributed by atoms with van der Waals surface area (Å²) in [6.07, 6.45) is 3.05. The van der Waals surface area contributed by atoms with Gasteiger partial charge in [-0.25, -0.2) is 0 Å². The Bertz CT molecular complexity index is 804. The SMILES string of the molecule is CN=C(NCCC(=O)NCc1ccccc1)NCc1ccc(CN2CCCC2)cc1.I. The standard InChI is InChI=1S/C24H33N5O.HI/c1-25-24(26-14-13-23(30)27-17-20-7-3-2-4-8-20)28-18-21-9-11-22(12-10-21)19-29-15-5-6-16-29;/h2-4,7-12H,5-6,13-19H2,1H3,(H,27,30)(H2,25,26,28);1H. The molecule has 0 saturated carbocycles. The number of nitrogens with zero attached hydrogens (tertiary/aromatic N) is 2. The van der Waals surface area contributed by atoms with Crippen molar-refractivity contribution in [1.82, 2.24) is 20.9 Å². The van der Waals surface area contributed by atoms with Crippen LogP contribution in [0.15, 0.2) is 59.6 Å². The number of rotatable bonds is 9. The first-order chi connectivity index (χ1) is 14.7. The van der Waals surface area contributed by atoms with Crippen LogP contribution in [0.5, 0.6) is 0 Å². The molecule has 6 nitrogen and oxygen atoms in total. The number of halogens is 1. The van der Waals surface area contributed by atoms with Crippen LogP contribution in [0.1, 0.15) is 36.0 Å². The second-order valence-electron chi connectivity index (χ2n) is 7.66. The number of nitrogens with one attached hydrogen (secondary N) is 3. The fourth-order valence-electron chi connectivity index (χ4n) is 3.55. The zero-order valence-electron chi connectivity index (χ0n) is 18.3. The largest absolute Gasteiger partial charge is 0.356 e. The lowest BCUT2D eigenvalue weighted by Gasteiger charge is -2.15. The molecule has 2 aromatic rings. The van der Waals surface area contributed by atoms with Gasteiger partial charge in [-0.2, -0.15) is 0 Å². The van der Waals surface area contributed by atoms with Gasteiger partial charge in [-0.05, 0) is 42.6 Å². The molecule has 0 radical (unpaired) electrons. The maximum Gasteiger partial charge on any atom is 0.222 e. The second-order valence-corrected chi connectivity index (χ2v) is 7.66. The zero-order valence-corrected chi connectivity index (χ0v) is 20.6. The summed E-state index contributed by atoms with van der Waals surface area (Å²) in [7, 11) is 1.74. The van der Waals surface area contributed by atoms with Crippen LogP contribution < -0.4 is 16.0 Å². The Morgan fingerprint density at radius 3 is 2.16 bits per heavy atom. The highest BCUT2D eigenvalue weighted by Gasteiger charge is 2.11. The lowest BCUT2D eigenvalue weighted by atomic mass is 10.1. The number of aliphatic imine (C=N–C) groups is 1. The van der Waals surface area contributed by atoms with E-state index in [1.54, 1.807) is 7.05 Å². The van der Waals surface area contributed by atoms with E-state index < -0.39 is 0 Å². The van der Waals surface area contributed by atoms with Gasteiger partial charge in [0.25, 0.3) is 0 Å². The monoisotopic (exact) mass is 535 g/mol. The molecule has 168 valence electrons. The molecule has 3 rings (SSSR count). The van der Waals surface area contributed by atoms with Crippen LogP contribution in [0.3, 0.4) is 0 Å². The van der Waals surface area contributed by atoms with E-state index in [9.17, 15) is 4.79 Å². The van der Waals surface area contributed by atoms with Crippen LogP contribution in [0, 0.1) is 0 Å². The Balaban J connectivity index is 0.00000341. The maximum absolute atomic E-state index is 12.0. The molecular weight excluding hydrogens is 501 g/mol. The summed E-state index contributed by atoms with van der Waals surface area (Å²) in [4.78, 5) is 18.8. The number of benzene rings is 2. The van der Waals surface area contributed by atoms with Crippen molar-refractivity contribution >= 4 is 35.8 Å². The van der Waals surface area contributed by atoms with Gasteiger partial charge in [0.05, 0.1) is 0 Å². The second kappa shape index (κ2) is 14.0. The van der Waals surface area contributed by atoms with Crippen molar-refractivity contribution in [2.45, 2.75) is 38.9 Å². The molecule has 1 aliphatic rings. The third kappa shape index (κ3) is 9.26. The summed E-state index contributed by atoms with van der Waals surface area (Å²) in [6.45, 7) is 5.27. The summed E-state index contributed by atoms with van der Waals surface area (Å²) >= 11 is 0. The first kappa shape index (κ1) is 25.1. The minimum absolute atomic E-state index is 0. The molecule has 3 N–H and O–H groups in total. The van der Waals surface area contributed by atoms with Gasteiger partial charge in [-0.1, -0.05) is 54.6 Å². The number of carbonyl (C=O) groups excluding carboxylic acids is 1. The lowest BCUT2D eigenvalue weighted by molar-refractivity contribution is -0.121. The number of likely N-dealkylation sites (tertiary alicyclic amines) is 1. The molecule has 0 atom stereocenters. The van der Waals surface area contributed by atoms with Gasteiger partial charge >= 0.3 is 0 Å². The van der Waals surface area contributed by atoms with E-state index in [2.05, 4.69) is 50.1 Å². The Labute approximate surface area is 202 Å². The van der Waals surface area contributed by atoms with E-state index in [4.69, 9.17) is 0 Å². The smallest absolute Gasteiger partial charge is 0.222 e. The van der Waals surface area contributed by atoms with E-state index in [0.29, 0.717) is 32.0 Å². The van der Waals surface area contributed by atoms with Gasteiger partial charge in [0.15, 0.2) is 5.96 Å². The van der Waals surface area contributed by atoms with Gasteiger partial charge in [-0.3, -0.25) is 14.7 Å². The number of hydrogen-bond acceptors (Lipinski definition) is 3. The molecule has 0 spiro atoms. The van der Waals surface area contributed by atoms with Crippen molar-refractivity contribution in [2.75, 3.05) is 26.7 Å². The first-order valence-corrected chi connectivity index (χ1v) is 10.8. The van der Waals surface area contributed by atoms with Gasteiger partial charge in [0.2, 0.25) is 5.91 Å². The molecule has 1 aliphatic heterocycles. The molecule has 0 bridgehead atoms. The fraction of sp³-hybridized carbons (Fsp3) is 0.417.